The quantitative estimate of drug-likeness (QED) is 0.0369. The van der Waals surface area contributed by atoms with E-state index in [0.717, 1.165) is 18.2 Å². The van der Waals surface area contributed by atoms with Crippen molar-refractivity contribution in [2.45, 2.75) is 39.1 Å². The molecule has 0 aliphatic rings. The van der Waals surface area contributed by atoms with E-state index in [1.807, 2.05) is 0 Å². The van der Waals surface area contributed by atoms with Crippen molar-refractivity contribution in [3.8, 4) is 0 Å². The molecule has 0 aromatic heterocycles. The standard InChI is InChI=1S/C22H21NO14S3/c23-13-5-18(40(35,36)37-15(8-25)22(28)21(27)14(26)7-24)12-4-3-11-17(39(32,33)34)6-16(38(29,30)31)10-2-1-9(13)19(12)20(10)11/h1-6,8,14-15,21-22,24,26-28H,7,23H2,(H,29,30,31)(H,32,33,34)/t14-,15+,21+,22-/m1/s1. The topological polar surface area (TPSA) is 276 Å². The molecule has 15 nitrogen and oxygen atoms in total. The number of anilines is 1. The van der Waals surface area contributed by atoms with Gasteiger partial charge in [-0.2, -0.15) is 25.3 Å². The van der Waals surface area contributed by atoms with Crippen LogP contribution in [0.1, 0.15) is 0 Å². The Labute approximate surface area is 226 Å². The van der Waals surface area contributed by atoms with Gasteiger partial charge in [-0.15, -0.1) is 0 Å². The second-order valence-corrected chi connectivity index (χ2v) is 13.1. The molecule has 0 saturated heterocycles. The third-order valence-corrected chi connectivity index (χ3v) is 9.42. The SMILES string of the molecule is Nc1cc(S(=O)(=O)O[C@@H](C=O)[C@@H](O)[C@@H](O)[C@H](O)CO)c2ccc3c(S(=O)(=O)O)cc(S(=O)(=O)O)c4ccc1c2c43. The van der Waals surface area contributed by atoms with E-state index in [-0.39, 0.29) is 44.3 Å². The number of carbonyl (C=O) groups excluding carboxylic acids is 1. The van der Waals surface area contributed by atoms with Gasteiger partial charge in [-0.25, -0.2) is 0 Å². The van der Waals surface area contributed by atoms with Gasteiger partial charge < -0.3 is 31.0 Å². The smallest absolute Gasteiger partial charge is 0.298 e. The van der Waals surface area contributed by atoms with Gasteiger partial charge in [0.25, 0.3) is 30.4 Å². The largest absolute Gasteiger partial charge is 0.398 e. The second-order valence-electron chi connectivity index (χ2n) is 8.74. The highest BCUT2D eigenvalue weighted by molar-refractivity contribution is 7.87. The molecular formula is C22H21NO14S3. The second kappa shape index (κ2) is 10.1. The Morgan fingerprint density at radius 1 is 0.750 bits per heavy atom. The minimum absolute atomic E-state index is 0.106. The first-order valence-electron chi connectivity index (χ1n) is 11.0. The molecule has 0 spiro atoms. The van der Waals surface area contributed by atoms with Crippen LogP contribution < -0.4 is 5.73 Å². The van der Waals surface area contributed by atoms with Crippen molar-refractivity contribution in [3.05, 3.63) is 36.4 Å². The van der Waals surface area contributed by atoms with Crippen LogP contribution in [0.2, 0.25) is 0 Å². The van der Waals surface area contributed by atoms with Crippen molar-refractivity contribution in [2.24, 2.45) is 0 Å². The number of carbonyl (C=O) groups is 1. The van der Waals surface area contributed by atoms with E-state index in [9.17, 15) is 54.5 Å². The first-order chi connectivity index (χ1) is 18.4. The summed E-state index contributed by atoms with van der Waals surface area (Å²) in [4.78, 5) is 9.00. The molecule has 0 aliphatic carbocycles. The predicted molar refractivity (Wildman–Crippen MR) is 137 cm³/mol. The van der Waals surface area contributed by atoms with Crippen molar-refractivity contribution >= 4 is 74.6 Å². The van der Waals surface area contributed by atoms with Crippen LogP contribution in [-0.4, -0.2) is 92.1 Å². The molecule has 0 bridgehead atoms. The maximum atomic E-state index is 13.3. The van der Waals surface area contributed by atoms with E-state index < -0.39 is 76.1 Å². The summed E-state index contributed by atoms with van der Waals surface area (Å²) in [5, 5.41) is 37.6. The number of aldehydes is 1. The Morgan fingerprint density at radius 3 is 1.65 bits per heavy atom. The minimum Gasteiger partial charge on any atom is -0.398 e. The summed E-state index contributed by atoms with van der Waals surface area (Å²) in [6, 6.07) is 6.08. The lowest BCUT2D eigenvalue weighted by Crippen LogP contribution is -2.48. The number of nitrogens with two attached hydrogens (primary N) is 1. The average molecular weight is 620 g/mol. The fourth-order valence-electron chi connectivity index (χ4n) is 4.45. The van der Waals surface area contributed by atoms with Gasteiger partial charge in [-0.1, -0.05) is 24.3 Å². The molecule has 18 heteroatoms. The summed E-state index contributed by atoms with van der Waals surface area (Å²) in [5.74, 6) is 0. The van der Waals surface area contributed by atoms with Crippen LogP contribution in [0.4, 0.5) is 5.69 Å². The average Bonchev–Trinajstić information content (AvgIpc) is 2.87. The fraction of sp³-hybridized carbons (Fsp3) is 0.227. The van der Waals surface area contributed by atoms with E-state index in [1.165, 1.54) is 12.1 Å². The summed E-state index contributed by atoms with van der Waals surface area (Å²) in [6.45, 7) is -1.04. The van der Waals surface area contributed by atoms with Gasteiger partial charge in [-0.3, -0.25) is 13.3 Å². The van der Waals surface area contributed by atoms with Gasteiger partial charge in [0.15, 0.2) is 12.4 Å². The maximum absolute atomic E-state index is 13.3. The number of aliphatic hydroxyl groups excluding tert-OH is 4. The molecule has 40 heavy (non-hydrogen) atoms. The van der Waals surface area contributed by atoms with Crippen LogP contribution in [0.3, 0.4) is 0 Å². The lowest BCUT2D eigenvalue weighted by atomic mass is 9.93. The van der Waals surface area contributed by atoms with Crippen molar-refractivity contribution in [1.29, 1.82) is 0 Å². The molecule has 0 radical (unpaired) electrons. The van der Waals surface area contributed by atoms with Crippen LogP contribution in [0.15, 0.2) is 51.1 Å². The van der Waals surface area contributed by atoms with Crippen LogP contribution in [-0.2, 0) is 39.3 Å². The summed E-state index contributed by atoms with van der Waals surface area (Å²) in [5.41, 5.74) is 5.82. The number of aliphatic hydroxyl groups is 4. The van der Waals surface area contributed by atoms with Gasteiger partial charge in [0.2, 0.25) is 0 Å². The monoisotopic (exact) mass is 619 g/mol. The molecule has 0 heterocycles. The van der Waals surface area contributed by atoms with E-state index in [2.05, 4.69) is 0 Å². The Bertz CT molecular complexity index is 1920. The van der Waals surface area contributed by atoms with Gasteiger partial charge in [0, 0.05) is 38.0 Å². The highest BCUT2D eigenvalue weighted by Crippen LogP contribution is 2.44. The summed E-state index contributed by atoms with van der Waals surface area (Å²) < 4.78 is 99.5. The number of benzene rings is 4. The number of hydrogen-bond donors (Lipinski definition) is 7. The van der Waals surface area contributed by atoms with Crippen molar-refractivity contribution in [1.82, 2.24) is 0 Å². The first kappa shape index (κ1) is 29.9. The Kier molecular flexibility index (Phi) is 7.56. The van der Waals surface area contributed by atoms with Crippen molar-refractivity contribution in [3.63, 3.8) is 0 Å². The third kappa shape index (κ3) is 4.98. The van der Waals surface area contributed by atoms with E-state index in [4.69, 9.17) is 15.0 Å². The molecule has 8 N–H and O–H groups in total. The highest BCUT2D eigenvalue weighted by Gasteiger charge is 2.36. The van der Waals surface area contributed by atoms with Crippen LogP contribution >= 0.6 is 0 Å². The Balaban J connectivity index is 2.06. The molecule has 0 fully saturated rings. The molecule has 4 aromatic rings. The molecular weight excluding hydrogens is 598 g/mol. The molecule has 216 valence electrons. The number of nitrogen functional groups attached to an aromatic ring is 1. The molecule has 0 unspecified atom stereocenters. The zero-order valence-corrected chi connectivity index (χ0v) is 22.3. The molecule has 0 amide bonds. The van der Waals surface area contributed by atoms with E-state index in [0.29, 0.717) is 6.07 Å². The highest BCUT2D eigenvalue weighted by atomic mass is 32.2. The van der Waals surface area contributed by atoms with Crippen LogP contribution in [0, 0.1) is 0 Å². The lowest BCUT2D eigenvalue weighted by Gasteiger charge is -2.25. The van der Waals surface area contributed by atoms with Crippen molar-refractivity contribution < 1.29 is 63.8 Å². The van der Waals surface area contributed by atoms with Crippen LogP contribution in [0.5, 0.6) is 0 Å². The number of rotatable bonds is 10. The molecule has 4 aromatic carbocycles. The predicted octanol–water partition coefficient (Wildman–Crippen LogP) is -0.993. The maximum Gasteiger partial charge on any atom is 0.298 e. The van der Waals surface area contributed by atoms with Gasteiger partial charge in [0.1, 0.15) is 33.0 Å². The van der Waals surface area contributed by atoms with Gasteiger partial charge in [-0.05, 0) is 12.1 Å². The zero-order chi connectivity index (χ0) is 29.9. The minimum atomic E-state index is -5.08. The van der Waals surface area contributed by atoms with Crippen LogP contribution in [0.25, 0.3) is 32.3 Å². The lowest BCUT2D eigenvalue weighted by molar-refractivity contribution is -0.132. The molecule has 0 saturated carbocycles. The number of hydrogen-bond acceptors (Lipinski definition) is 13. The summed E-state index contributed by atoms with van der Waals surface area (Å²) in [7, 11) is -15.2. The zero-order valence-electron chi connectivity index (χ0n) is 19.8. The Morgan fingerprint density at radius 2 is 1.20 bits per heavy atom. The van der Waals surface area contributed by atoms with Gasteiger partial charge in [0.05, 0.1) is 6.61 Å². The first-order valence-corrected chi connectivity index (χ1v) is 15.3. The van der Waals surface area contributed by atoms with E-state index in [1.54, 1.807) is 0 Å². The summed E-state index contributed by atoms with van der Waals surface area (Å²) in [6.07, 6.45) is -8.92. The Hall–Kier alpha value is -3.04. The molecule has 0 aliphatic heterocycles. The molecule has 4 atom stereocenters. The van der Waals surface area contributed by atoms with Gasteiger partial charge >= 0.3 is 0 Å². The van der Waals surface area contributed by atoms with E-state index >= 15 is 0 Å². The van der Waals surface area contributed by atoms with Crippen molar-refractivity contribution in [2.75, 3.05) is 12.3 Å². The fourth-order valence-corrected chi connectivity index (χ4v) is 7.22. The normalized spacial score (nSPS) is 16.4. The molecule has 4 rings (SSSR count). The summed E-state index contributed by atoms with van der Waals surface area (Å²) >= 11 is 0. The third-order valence-electron chi connectivity index (χ3n) is 6.28.